The van der Waals surface area contributed by atoms with Crippen molar-refractivity contribution in [1.29, 1.82) is 0 Å². The molecule has 0 saturated carbocycles. The van der Waals surface area contributed by atoms with E-state index in [1.807, 2.05) is 30.3 Å². The highest BCUT2D eigenvalue weighted by Crippen LogP contribution is 2.14. The third kappa shape index (κ3) is 11.5. The number of rotatable bonds is 15. The molecule has 0 aromatic heterocycles. The fourth-order valence-corrected chi connectivity index (χ4v) is 2.30. The van der Waals surface area contributed by atoms with Gasteiger partial charge < -0.3 is 14.2 Å². The molecule has 0 heterocycles. The van der Waals surface area contributed by atoms with Crippen molar-refractivity contribution in [3.8, 4) is 5.75 Å². The van der Waals surface area contributed by atoms with Crippen LogP contribution in [0.1, 0.15) is 65.7 Å². The average molecular weight is 337 g/mol. The number of para-hydroxylation sites is 1. The quantitative estimate of drug-likeness (QED) is 0.389. The molecule has 3 heteroatoms. The van der Waals surface area contributed by atoms with Crippen LogP contribution in [0.2, 0.25) is 0 Å². The molecule has 0 aliphatic heterocycles. The largest absolute Gasteiger partial charge is 0.491 e. The molecular weight excluding hydrogens is 300 g/mol. The van der Waals surface area contributed by atoms with Gasteiger partial charge in [-0.1, -0.05) is 50.8 Å². The highest BCUT2D eigenvalue weighted by atomic mass is 16.5. The molecule has 0 spiro atoms. The number of hydrogen-bond acceptors (Lipinski definition) is 3. The molecule has 138 valence electrons. The molecule has 0 aliphatic carbocycles. The molecule has 0 aliphatic rings. The Balaban J connectivity index is 1.78. The molecule has 0 fully saturated rings. The van der Waals surface area contributed by atoms with Crippen molar-refractivity contribution in [3.63, 3.8) is 0 Å². The van der Waals surface area contributed by atoms with Gasteiger partial charge >= 0.3 is 0 Å². The Labute approximate surface area is 148 Å². The van der Waals surface area contributed by atoms with Crippen LogP contribution < -0.4 is 4.74 Å². The summed E-state index contributed by atoms with van der Waals surface area (Å²) in [6.45, 7) is 9.53. The van der Waals surface area contributed by atoms with Crippen molar-refractivity contribution in [2.75, 3.05) is 26.4 Å². The van der Waals surface area contributed by atoms with Gasteiger partial charge in [0.05, 0.1) is 12.2 Å². The Morgan fingerprint density at radius 1 is 0.750 bits per heavy atom. The van der Waals surface area contributed by atoms with E-state index in [1.54, 1.807) is 0 Å². The number of unbranched alkanes of at least 4 members (excludes halogenated alkanes) is 5. The maximum Gasteiger partial charge on any atom is 0.119 e. The molecule has 24 heavy (non-hydrogen) atoms. The van der Waals surface area contributed by atoms with Crippen LogP contribution in [0, 0.1) is 0 Å². The molecule has 0 N–H and O–H groups in total. The van der Waals surface area contributed by atoms with Gasteiger partial charge in [-0.2, -0.15) is 0 Å². The minimum Gasteiger partial charge on any atom is -0.491 e. The standard InChI is InChI=1S/C21H36O3/c1-4-21(2,3)24-17-13-8-6-5-7-12-16-22-18-19-23-20-14-10-9-11-15-20/h9-11,14-15H,4-8,12-13,16-19H2,1-3H3. The lowest BCUT2D eigenvalue weighted by Gasteiger charge is -2.23. The average Bonchev–Trinajstić information content (AvgIpc) is 2.60. The van der Waals surface area contributed by atoms with Crippen molar-refractivity contribution >= 4 is 0 Å². The van der Waals surface area contributed by atoms with Crippen LogP contribution in [0.25, 0.3) is 0 Å². The number of ether oxygens (including phenoxy) is 3. The van der Waals surface area contributed by atoms with Crippen LogP contribution in [-0.4, -0.2) is 32.0 Å². The smallest absolute Gasteiger partial charge is 0.119 e. The zero-order valence-electron chi connectivity index (χ0n) is 15.9. The highest BCUT2D eigenvalue weighted by Gasteiger charge is 2.14. The lowest BCUT2D eigenvalue weighted by molar-refractivity contribution is -0.0217. The predicted molar refractivity (Wildman–Crippen MR) is 101 cm³/mol. The van der Waals surface area contributed by atoms with Gasteiger partial charge in [-0.25, -0.2) is 0 Å². The van der Waals surface area contributed by atoms with Crippen LogP contribution in [-0.2, 0) is 9.47 Å². The van der Waals surface area contributed by atoms with Crippen molar-refractivity contribution < 1.29 is 14.2 Å². The van der Waals surface area contributed by atoms with Crippen molar-refractivity contribution in [2.24, 2.45) is 0 Å². The van der Waals surface area contributed by atoms with Crippen LogP contribution in [0.15, 0.2) is 30.3 Å². The molecule has 3 nitrogen and oxygen atoms in total. The Kier molecular flexibility index (Phi) is 11.6. The first-order valence-electron chi connectivity index (χ1n) is 9.53. The van der Waals surface area contributed by atoms with E-state index >= 15 is 0 Å². The topological polar surface area (TPSA) is 27.7 Å². The van der Waals surface area contributed by atoms with Crippen LogP contribution >= 0.6 is 0 Å². The van der Waals surface area contributed by atoms with Gasteiger partial charge in [0.1, 0.15) is 12.4 Å². The summed E-state index contributed by atoms with van der Waals surface area (Å²) >= 11 is 0. The summed E-state index contributed by atoms with van der Waals surface area (Å²) < 4.78 is 17.1. The maximum atomic E-state index is 5.86. The van der Waals surface area contributed by atoms with E-state index < -0.39 is 0 Å². The maximum absolute atomic E-state index is 5.86. The molecule has 1 rings (SSSR count). The molecule has 1 aromatic carbocycles. The SMILES string of the molecule is CCC(C)(C)OCCCCCCCCOCCOc1ccccc1. The third-order valence-electron chi connectivity index (χ3n) is 4.27. The van der Waals surface area contributed by atoms with Crippen molar-refractivity contribution in [1.82, 2.24) is 0 Å². The Morgan fingerprint density at radius 2 is 1.38 bits per heavy atom. The van der Waals surface area contributed by atoms with Crippen molar-refractivity contribution in [3.05, 3.63) is 30.3 Å². The van der Waals surface area contributed by atoms with Gasteiger partial charge in [0, 0.05) is 13.2 Å². The van der Waals surface area contributed by atoms with Gasteiger partial charge in [0.25, 0.3) is 0 Å². The summed E-state index contributed by atoms with van der Waals surface area (Å²) in [7, 11) is 0. The summed E-state index contributed by atoms with van der Waals surface area (Å²) in [4.78, 5) is 0. The van der Waals surface area contributed by atoms with E-state index in [4.69, 9.17) is 14.2 Å². The minimum absolute atomic E-state index is 0.0432. The minimum atomic E-state index is 0.0432. The second kappa shape index (κ2) is 13.3. The molecule has 0 amide bonds. The van der Waals surface area contributed by atoms with E-state index in [0.29, 0.717) is 13.2 Å². The molecule has 0 bridgehead atoms. The second-order valence-corrected chi connectivity index (χ2v) is 6.86. The predicted octanol–water partition coefficient (Wildman–Crippen LogP) is 5.63. The lowest BCUT2D eigenvalue weighted by Crippen LogP contribution is -2.23. The molecule has 1 aromatic rings. The van der Waals surface area contributed by atoms with E-state index in [1.165, 1.54) is 32.1 Å². The van der Waals surface area contributed by atoms with Gasteiger partial charge in [0.15, 0.2) is 0 Å². The van der Waals surface area contributed by atoms with Gasteiger partial charge in [-0.15, -0.1) is 0 Å². The highest BCUT2D eigenvalue weighted by molar-refractivity contribution is 5.20. The first kappa shape index (κ1) is 21.0. The van der Waals surface area contributed by atoms with E-state index in [9.17, 15) is 0 Å². The summed E-state index contributed by atoms with van der Waals surface area (Å²) in [6.07, 6.45) is 8.51. The van der Waals surface area contributed by atoms with Crippen LogP contribution in [0.4, 0.5) is 0 Å². The summed E-state index contributed by atoms with van der Waals surface area (Å²) in [5.74, 6) is 0.910. The number of hydrogen-bond donors (Lipinski definition) is 0. The van der Waals surface area contributed by atoms with Crippen LogP contribution in [0.5, 0.6) is 5.75 Å². The first-order valence-corrected chi connectivity index (χ1v) is 9.53. The summed E-state index contributed by atoms with van der Waals surface area (Å²) in [6, 6.07) is 9.88. The van der Waals surface area contributed by atoms with Gasteiger partial charge in [-0.05, 0) is 45.2 Å². The molecule has 0 unspecified atom stereocenters. The second-order valence-electron chi connectivity index (χ2n) is 6.86. The summed E-state index contributed by atoms with van der Waals surface area (Å²) in [5.41, 5.74) is 0.0432. The molecule has 0 radical (unpaired) electrons. The van der Waals surface area contributed by atoms with Gasteiger partial charge in [0.2, 0.25) is 0 Å². The lowest BCUT2D eigenvalue weighted by atomic mass is 10.1. The van der Waals surface area contributed by atoms with Crippen molar-refractivity contribution in [2.45, 2.75) is 71.3 Å². The zero-order chi connectivity index (χ0) is 17.5. The Hall–Kier alpha value is -1.06. The van der Waals surface area contributed by atoms with Crippen LogP contribution in [0.3, 0.4) is 0 Å². The molecule has 0 saturated heterocycles. The Bertz CT molecular complexity index is 389. The monoisotopic (exact) mass is 336 g/mol. The summed E-state index contributed by atoms with van der Waals surface area (Å²) in [5, 5.41) is 0. The van der Waals surface area contributed by atoms with E-state index in [-0.39, 0.29) is 5.60 Å². The third-order valence-corrected chi connectivity index (χ3v) is 4.27. The van der Waals surface area contributed by atoms with E-state index in [2.05, 4.69) is 20.8 Å². The van der Waals surface area contributed by atoms with E-state index in [0.717, 1.165) is 31.8 Å². The Morgan fingerprint density at radius 3 is 2.04 bits per heavy atom. The van der Waals surface area contributed by atoms with Gasteiger partial charge in [-0.3, -0.25) is 0 Å². The zero-order valence-corrected chi connectivity index (χ0v) is 15.9. The molecular formula is C21H36O3. The number of benzene rings is 1. The normalized spacial score (nSPS) is 11.6. The fraction of sp³-hybridized carbons (Fsp3) is 0.714. The first-order chi connectivity index (χ1) is 11.6. The molecule has 0 atom stereocenters. The fourth-order valence-electron chi connectivity index (χ4n) is 2.30.